The van der Waals surface area contributed by atoms with Gasteiger partial charge in [0.25, 0.3) is 0 Å². The lowest BCUT2D eigenvalue weighted by molar-refractivity contribution is 0.0911. The fourth-order valence-corrected chi connectivity index (χ4v) is 2.47. The van der Waals surface area contributed by atoms with Crippen LogP contribution in [0.5, 0.6) is 0 Å². The number of nitrogens with zero attached hydrogens (tertiary/aromatic N) is 1. The lowest BCUT2D eigenvalue weighted by Crippen LogP contribution is -2.42. The molecule has 0 N–H and O–H groups in total. The molecule has 1 rings (SSSR count). The normalized spacial score (nSPS) is 12.1. The number of rotatable bonds is 4. The van der Waals surface area contributed by atoms with E-state index >= 15 is 0 Å². The third-order valence-corrected chi connectivity index (χ3v) is 8.57. The number of nitriles is 1. The van der Waals surface area contributed by atoms with Gasteiger partial charge in [-0.15, -0.1) is 0 Å². The van der Waals surface area contributed by atoms with Crippen LogP contribution in [-0.2, 0) is 4.43 Å². The van der Waals surface area contributed by atoms with Crippen molar-refractivity contribution in [3.8, 4) is 6.07 Å². The molecule has 0 aliphatic carbocycles. The lowest BCUT2D eigenvalue weighted by Gasteiger charge is -2.35. The van der Waals surface area contributed by atoms with E-state index in [9.17, 15) is 4.79 Å². The highest BCUT2D eigenvalue weighted by molar-refractivity contribution is 6.74. The SMILES string of the molecule is CC(C)(C)[Si](C)(C)OCC(=O)c1ccc(C#N)c(Cl)c1. The molecular formula is C15H20ClNO2Si. The maximum Gasteiger partial charge on any atom is 0.192 e. The highest BCUT2D eigenvalue weighted by Gasteiger charge is 2.37. The van der Waals surface area contributed by atoms with Crippen molar-refractivity contribution in [3.05, 3.63) is 34.3 Å². The van der Waals surface area contributed by atoms with Crippen molar-refractivity contribution in [2.24, 2.45) is 0 Å². The maximum atomic E-state index is 12.1. The maximum absolute atomic E-state index is 12.1. The Morgan fingerprint density at radius 2 is 2.00 bits per heavy atom. The van der Waals surface area contributed by atoms with Gasteiger partial charge in [-0.05, 0) is 36.3 Å². The molecule has 0 aliphatic rings. The molecule has 0 aromatic heterocycles. The van der Waals surface area contributed by atoms with Gasteiger partial charge in [-0.2, -0.15) is 5.26 Å². The van der Waals surface area contributed by atoms with Crippen LogP contribution >= 0.6 is 11.6 Å². The molecular weight excluding hydrogens is 290 g/mol. The summed E-state index contributed by atoms with van der Waals surface area (Å²) in [5, 5.41) is 9.17. The minimum atomic E-state index is -1.94. The first-order valence-corrected chi connectivity index (χ1v) is 9.74. The molecule has 0 unspecified atom stereocenters. The Balaban J connectivity index is 2.79. The second-order valence-corrected chi connectivity index (χ2v) is 11.5. The van der Waals surface area contributed by atoms with Gasteiger partial charge in [0.05, 0.1) is 17.2 Å². The Bertz CT molecular complexity index is 556. The monoisotopic (exact) mass is 309 g/mol. The Morgan fingerprint density at radius 3 is 2.45 bits per heavy atom. The molecule has 0 bridgehead atoms. The van der Waals surface area contributed by atoms with Crippen LogP contribution in [0, 0.1) is 11.3 Å². The topological polar surface area (TPSA) is 50.1 Å². The van der Waals surface area contributed by atoms with Gasteiger partial charge in [0.15, 0.2) is 14.1 Å². The zero-order valence-electron chi connectivity index (χ0n) is 12.6. The summed E-state index contributed by atoms with van der Waals surface area (Å²) in [5.41, 5.74) is 0.848. The molecule has 20 heavy (non-hydrogen) atoms. The number of hydrogen-bond acceptors (Lipinski definition) is 3. The van der Waals surface area contributed by atoms with Crippen LogP contribution < -0.4 is 0 Å². The van der Waals surface area contributed by atoms with E-state index in [0.717, 1.165) is 0 Å². The van der Waals surface area contributed by atoms with Gasteiger partial charge in [-0.25, -0.2) is 0 Å². The third kappa shape index (κ3) is 3.92. The highest BCUT2D eigenvalue weighted by Crippen LogP contribution is 2.36. The second kappa shape index (κ2) is 6.09. The summed E-state index contributed by atoms with van der Waals surface area (Å²) in [7, 11) is -1.94. The lowest BCUT2D eigenvalue weighted by atomic mass is 10.1. The molecule has 5 heteroatoms. The predicted molar refractivity (Wildman–Crippen MR) is 83.6 cm³/mol. The molecule has 108 valence electrons. The molecule has 0 spiro atoms. The van der Waals surface area contributed by atoms with Crippen molar-refractivity contribution < 1.29 is 9.22 Å². The molecule has 0 fully saturated rings. The van der Waals surface area contributed by atoms with Crippen molar-refractivity contribution >= 4 is 25.7 Å². The van der Waals surface area contributed by atoms with Gasteiger partial charge in [-0.1, -0.05) is 32.4 Å². The van der Waals surface area contributed by atoms with Gasteiger partial charge in [0.1, 0.15) is 6.07 Å². The summed E-state index contributed by atoms with van der Waals surface area (Å²) in [6.07, 6.45) is 0. The number of carbonyl (C=O) groups excluding carboxylic acids is 1. The summed E-state index contributed by atoms with van der Waals surface area (Å²) in [5.74, 6) is -0.110. The van der Waals surface area contributed by atoms with Crippen molar-refractivity contribution in [3.63, 3.8) is 0 Å². The minimum absolute atomic E-state index is 0.0543. The standard InChI is InChI=1S/C15H20ClNO2Si/c1-15(2,3)20(4,5)19-10-14(18)11-6-7-12(9-17)13(16)8-11/h6-8H,10H2,1-5H3. The van der Waals surface area contributed by atoms with Crippen molar-refractivity contribution in [2.45, 2.75) is 38.9 Å². The molecule has 0 radical (unpaired) electrons. The first-order valence-electron chi connectivity index (χ1n) is 6.45. The van der Waals surface area contributed by atoms with E-state index in [1.54, 1.807) is 12.1 Å². The van der Waals surface area contributed by atoms with Crippen LogP contribution in [-0.4, -0.2) is 20.7 Å². The quantitative estimate of drug-likeness (QED) is 0.611. The van der Waals surface area contributed by atoms with E-state index in [0.29, 0.717) is 16.1 Å². The second-order valence-electron chi connectivity index (χ2n) is 6.28. The molecule has 1 aromatic carbocycles. The van der Waals surface area contributed by atoms with Gasteiger partial charge in [-0.3, -0.25) is 4.79 Å². The van der Waals surface area contributed by atoms with Gasteiger partial charge in [0, 0.05) is 5.56 Å². The molecule has 1 aromatic rings. The number of halogens is 1. The Morgan fingerprint density at radius 1 is 1.40 bits per heavy atom. The summed E-state index contributed by atoms with van der Waals surface area (Å²) in [4.78, 5) is 12.1. The van der Waals surface area contributed by atoms with Crippen LogP contribution in [0.4, 0.5) is 0 Å². The predicted octanol–water partition coefficient (Wildman–Crippen LogP) is 4.42. The average Bonchev–Trinajstić information content (AvgIpc) is 2.34. The van der Waals surface area contributed by atoms with Crippen LogP contribution in [0.1, 0.15) is 36.7 Å². The van der Waals surface area contributed by atoms with E-state index in [4.69, 9.17) is 21.3 Å². The zero-order chi connectivity index (χ0) is 15.6. The van der Waals surface area contributed by atoms with Crippen LogP contribution in [0.25, 0.3) is 0 Å². The number of Topliss-reactive ketones (excluding diaryl/α,β-unsaturated/α-hetero) is 1. The van der Waals surface area contributed by atoms with Crippen LogP contribution in [0.2, 0.25) is 23.2 Å². The number of hydrogen-bond donors (Lipinski definition) is 0. The molecule has 0 atom stereocenters. The fraction of sp³-hybridized carbons (Fsp3) is 0.467. The Labute approximate surface area is 126 Å². The van der Waals surface area contributed by atoms with E-state index < -0.39 is 8.32 Å². The Kier molecular flexibility index (Phi) is 5.14. The molecule has 3 nitrogen and oxygen atoms in total. The van der Waals surface area contributed by atoms with E-state index in [2.05, 4.69) is 33.9 Å². The van der Waals surface area contributed by atoms with Crippen molar-refractivity contribution in [2.75, 3.05) is 6.61 Å². The summed E-state index contributed by atoms with van der Waals surface area (Å²) < 4.78 is 5.89. The highest BCUT2D eigenvalue weighted by atomic mass is 35.5. The molecule has 0 aliphatic heterocycles. The number of ketones is 1. The van der Waals surface area contributed by atoms with Gasteiger partial charge in [0.2, 0.25) is 0 Å². The first kappa shape index (κ1) is 16.9. The van der Waals surface area contributed by atoms with Gasteiger partial charge >= 0.3 is 0 Å². The summed E-state index contributed by atoms with van der Waals surface area (Å²) in [6, 6.07) is 6.67. The largest absolute Gasteiger partial charge is 0.409 e. The average molecular weight is 310 g/mol. The molecule has 0 amide bonds. The summed E-state index contributed by atoms with van der Waals surface area (Å²) in [6.45, 7) is 10.6. The Hall–Kier alpha value is -1.15. The fourth-order valence-electron chi connectivity index (χ4n) is 1.33. The smallest absolute Gasteiger partial charge is 0.192 e. The molecule has 0 saturated carbocycles. The summed E-state index contributed by atoms with van der Waals surface area (Å²) >= 11 is 5.93. The van der Waals surface area contributed by atoms with E-state index in [1.807, 2.05) is 6.07 Å². The third-order valence-electron chi connectivity index (χ3n) is 3.78. The number of carbonyl (C=O) groups is 1. The van der Waals surface area contributed by atoms with E-state index in [1.165, 1.54) is 6.07 Å². The first-order chi connectivity index (χ1) is 9.08. The van der Waals surface area contributed by atoms with Gasteiger partial charge < -0.3 is 4.43 Å². The van der Waals surface area contributed by atoms with Crippen molar-refractivity contribution in [1.29, 1.82) is 5.26 Å². The van der Waals surface area contributed by atoms with Crippen LogP contribution in [0.3, 0.4) is 0 Å². The van der Waals surface area contributed by atoms with Crippen LogP contribution in [0.15, 0.2) is 18.2 Å². The minimum Gasteiger partial charge on any atom is -0.409 e. The van der Waals surface area contributed by atoms with Crippen molar-refractivity contribution in [1.82, 2.24) is 0 Å². The number of benzene rings is 1. The molecule has 0 saturated heterocycles. The van der Waals surface area contributed by atoms with E-state index in [-0.39, 0.29) is 17.4 Å². The zero-order valence-corrected chi connectivity index (χ0v) is 14.3. The molecule has 0 heterocycles.